The molecule has 1 fully saturated rings. The predicted octanol–water partition coefficient (Wildman–Crippen LogP) is 1.92. The number of methoxy groups -OCH3 is 1. The molecule has 1 aliphatic heterocycles. The molecule has 2 atom stereocenters. The highest BCUT2D eigenvalue weighted by Crippen LogP contribution is 2.25. The minimum Gasteiger partial charge on any atom is -0.465 e. The van der Waals surface area contributed by atoms with Gasteiger partial charge in [-0.1, -0.05) is 18.5 Å². The largest absolute Gasteiger partial charge is 0.465 e. The first-order valence-electron chi connectivity index (χ1n) is 6.42. The van der Waals surface area contributed by atoms with Crippen molar-refractivity contribution < 1.29 is 14.3 Å². The number of nitrogens with one attached hydrogen (secondary N) is 2. The van der Waals surface area contributed by atoms with Crippen LogP contribution in [0.3, 0.4) is 0 Å². The van der Waals surface area contributed by atoms with Gasteiger partial charge >= 0.3 is 5.97 Å². The second-order valence-corrected chi connectivity index (χ2v) is 5.32. The monoisotopic (exact) mass is 296 g/mol. The SMILES string of the molecule is COC(=O)c1ccc(Cl)c(NC(=O)C2CNCC2C)c1. The van der Waals surface area contributed by atoms with Gasteiger partial charge in [-0.05, 0) is 30.7 Å². The van der Waals surface area contributed by atoms with E-state index in [0.29, 0.717) is 22.8 Å². The van der Waals surface area contributed by atoms with Crippen molar-refractivity contribution in [1.29, 1.82) is 0 Å². The van der Waals surface area contributed by atoms with E-state index in [4.69, 9.17) is 11.6 Å². The molecular weight excluding hydrogens is 280 g/mol. The fraction of sp³-hybridized carbons (Fsp3) is 0.429. The van der Waals surface area contributed by atoms with E-state index in [1.165, 1.54) is 13.2 Å². The smallest absolute Gasteiger partial charge is 0.337 e. The lowest BCUT2D eigenvalue weighted by molar-refractivity contribution is -0.120. The second-order valence-electron chi connectivity index (χ2n) is 4.92. The number of carbonyl (C=O) groups excluding carboxylic acids is 2. The van der Waals surface area contributed by atoms with Crippen LogP contribution in [0.15, 0.2) is 18.2 Å². The molecule has 1 aliphatic rings. The Balaban J connectivity index is 2.16. The summed E-state index contributed by atoms with van der Waals surface area (Å²) in [5.41, 5.74) is 0.781. The van der Waals surface area contributed by atoms with Crippen LogP contribution in [0.4, 0.5) is 5.69 Å². The Labute approximate surface area is 122 Å². The van der Waals surface area contributed by atoms with E-state index in [9.17, 15) is 9.59 Å². The van der Waals surface area contributed by atoms with E-state index in [1.54, 1.807) is 12.1 Å². The Morgan fingerprint density at radius 2 is 2.15 bits per heavy atom. The molecule has 0 aliphatic carbocycles. The molecule has 1 saturated heterocycles. The van der Waals surface area contributed by atoms with Gasteiger partial charge in [0, 0.05) is 6.54 Å². The number of benzene rings is 1. The molecule has 0 bridgehead atoms. The van der Waals surface area contributed by atoms with Gasteiger partial charge in [0.05, 0.1) is 29.3 Å². The zero-order valence-electron chi connectivity index (χ0n) is 11.4. The fourth-order valence-electron chi connectivity index (χ4n) is 2.25. The van der Waals surface area contributed by atoms with Crippen LogP contribution in [0.25, 0.3) is 0 Å². The molecule has 2 N–H and O–H groups in total. The number of halogens is 1. The van der Waals surface area contributed by atoms with E-state index in [2.05, 4.69) is 15.4 Å². The molecule has 1 heterocycles. The van der Waals surface area contributed by atoms with E-state index in [0.717, 1.165) is 6.54 Å². The van der Waals surface area contributed by atoms with Gasteiger partial charge in [0.15, 0.2) is 0 Å². The molecule has 5 nitrogen and oxygen atoms in total. The molecule has 20 heavy (non-hydrogen) atoms. The number of ether oxygens (including phenoxy) is 1. The van der Waals surface area contributed by atoms with Crippen LogP contribution in [-0.2, 0) is 9.53 Å². The van der Waals surface area contributed by atoms with Crippen LogP contribution in [-0.4, -0.2) is 32.1 Å². The average molecular weight is 297 g/mol. The lowest BCUT2D eigenvalue weighted by Gasteiger charge is -2.15. The molecule has 2 unspecified atom stereocenters. The summed E-state index contributed by atoms with van der Waals surface area (Å²) in [5, 5.41) is 6.35. The Kier molecular flexibility index (Phi) is 4.62. The molecule has 1 aromatic rings. The molecule has 2 rings (SSSR count). The molecule has 108 valence electrons. The van der Waals surface area contributed by atoms with Crippen molar-refractivity contribution in [2.24, 2.45) is 11.8 Å². The van der Waals surface area contributed by atoms with Crippen molar-refractivity contribution in [2.75, 3.05) is 25.5 Å². The lowest BCUT2D eigenvalue weighted by atomic mass is 9.97. The highest BCUT2D eigenvalue weighted by Gasteiger charge is 2.29. The molecule has 0 saturated carbocycles. The second kappa shape index (κ2) is 6.24. The molecule has 1 aromatic carbocycles. The third-order valence-corrected chi connectivity index (χ3v) is 3.83. The zero-order valence-corrected chi connectivity index (χ0v) is 12.2. The normalized spacial score (nSPS) is 21.6. The molecule has 0 radical (unpaired) electrons. The quantitative estimate of drug-likeness (QED) is 0.836. The summed E-state index contributed by atoms with van der Waals surface area (Å²) in [7, 11) is 1.31. The Morgan fingerprint density at radius 1 is 1.40 bits per heavy atom. The summed E-state index contributed by atoms with van der Waals surface area (Å²) in [6, 6.07) is 4.66. The molecule has 0 aromatic heterocycles. The van der Waals surface area contributed by atoms with Gasteiger partial charge in [0.1, 0.15) is 0 Å². The number of esters is 1. The van der Waals surface area contributed by atoms with Gasteiger partial charge in [-0.2, -0.15) is 0 Å². The lowest BCUT2D eigenvalue weighted by Crippen LogP contribution is -2.28. The first-order valence-corrected chi connectivity index (χ1v) is 6.80. The van der Waals surface area contributed by atoms with Crippen LogP contribution in [0, 0.1) is 11.8 Å². The van der Waals surface area contributed by atoms with Gasteiger partial charge in [0.25, 0.3) is 0 Å². The van der Waals surface area contributed by atoms with Crippen molar-refractivity contribution in [1.82, 2.24) is 5.32 Å². The summed E-state index contributed by atoms with van der Waals surface area (Å²) in [6.45, 7) is 3.51. The van der Waals surface area contributed by atoms with Crippen LogP contribution >= 0.6 is 11.6 Å². The molecule has 1 amide bonds. The van der Waals surface area contributed by atoms with Crippen LogP contribution in [0.1, 0.15) is 17.3 Å². The van der Waals surface area contributed by atoms with Gasteiger partial charge in [-0.15, -0.1) is 0 Å². The number of hydrogen-bond acceptors (Lipinski definition) is 4. The first kappa shape index (κ1) is 14.8. The summed E-state index contributed by atoms with van der Waals surface area (Å²) in [6.07, 6.45) is 0. The minimum atomic E-state index is -0.465. The van der Waals surface area contributed by atoms with E-state index < -0.39 is 5.97 Å². The third kappa shape index (κ3) is 3.11. The number of amides is 1. The Hall–Kier alpha value is -1.59. The number of carbonyl (C=O) groups is 2. The predicted molar refractivity (Wildman–Crippen MR) is 76.9 cm³/mol. The van der Waals surface area contributed by atoms with Crippen LogP contribution < -0.4 is 10.6 Å². The highest BCUT2D eigenvalue weighted by atomic mass is 35.5. The maximum Gasteiger partial charge on any atom is 0.337 e. The zero-order chi connectivity index (χ0) is 14.7. The summed E-state index contributed by atoms with van der Waals surface area (Å²) in [4.78, 5) is 23.7. The van der Waals surface area contributed by atoms with Crippen molar-refractivity contribution in [3.05, 3.63) is 28.8 Å². The first-order chi connectivity index (χ1) is 9.52. The summed E-state index contributed by atoms with van der Waals surface area (Å²) < 4.78 is 4.65. The van der Waals surface area contributed by atoms with Crippen LogP contribution in [0.2, 0.25) is 5.02 Å². The number of hydrogen-bond donors (Lipinski definition) is 2. The van der Waals surface area contributed by atoms with Gasteiger partial charge < -0.3 is 15.4 Å². The van der Waals surface area contributed by atoms with Crippen molar-refractivity contribution in [3.63, 3.8) is 0 Å². The molecular formula is C14H17ClN2O3. The average Bonchev–Trinajstić information content (AvgIpc) is 2.86. The Bertz CT molecular complexity index is 533. The summed E-state index contributed by atoms with van der Waals surface area (Å²) in [5.74, 6) is -0.370. The summed E-state index contributed by atoms with van der Waals surface area (Å²) >= 11 is 6.05. The maximum atomic E-state index is 12.2. The Morgan fingerprint density at radius 3 is 2.75 bits per heavy atom. The van der Waals surface area contributed by atoms with Gasteiger partial charge in [0.2, 0.25) is 5.91 Å². The van der Waals surface area contributed by atoms with E-state index in [1.807, 2.05) is 6.92 Å². The number of anilines is 1. The topological polar surface area (TPSA) is 67.4 Å². The molecule has 0 spiro atoms. The maximum absolute atomic E-state index is 12.2. The van der Waals surface area contributed by atoms with Crippen molar-refractivity contribution in [3.8, 4) is 0 Å². The fourth-order valence-corrected chi connectivity index (χ4v) is 2.42. The standard InChI is InChI=1S/C14H17ClN2O3/c1-8-6-16-7-10(8)13(18)17-12-5-9(14(19)20-2)3-4-11(12)15/h3-5,8,10,16H,6-7H2,1-2H3,(H,17,18). The van der Waals surface area contributed by atoms with E-state index in [-0.39, 0.29) is 17.7 Å². The van der Waals surface area contributed by atoms with E-state index >= 15 is 0 Å². The van der Waals surface area contributed by atoms with Gasteiger partial charge in [-0.25, -0.2) is 4.79 Å². The number of rotatable bonds is 3. The van der Waals surface area contributed by atoms with Crippen molar-refractivity contribution in [2.45, 2.75) is 6.92 Å². The van der Waals surface area contributed by atoms with Crippen molar-refractivity contribution >= 4 is 29.2 Å². The molecule has 6 heteroatoms. The van der Waals surface area contributed by atoms with Crippen LogP contribution in [0.5, 0.6) is 0 Å². The third-order valence-electron chi connectivity index (χ3n) is 3.50. The minimum absolute atomic E-state index is 0.0900. The highest BCUT2D eigenvalue weighted by molar-refractivity contribution is 6.33. The van der Waals surface area contributed by atoms with Gasteiger partial charge in [-0.3, -0.25) is 4.79 Å².